The molecule has 0 fully saturated rings. The van der Waals surface area contributed by atoms with Gasteiger partial charge in [0, 0.05) is 24.3 Å². The van der Waals surface area contributed by atoms with Crippen molar-refractivity contribution in [3.8, 4) is 5.69 Å². The number of nitro groups is 2. The Morgan fingerprint density at radius 1 is 0.806 bits per heavy atom. The second-order valence-electron chi connectivity index (χ2n) is 6.59. The molecule has 0 bridgehead atoms. The molecule has 0 amide bonds. The highest BCUT2D eigenvalue weighted by Gasteiger charge is 2.13. The summed E-state index contributed by atoms with van der Waals surface area (Å²) < 4.78 is 1.35. The predicted molar refractivity (Wildman–Crippen MR) is 116 cm³/mol. The number of hydrogen-bond acceptors (Lipinski definition) is 6. The molecule has 0 saturated heterocycles. The van der Waals surface area contributed by atoms with Gasteiger partial charge in [-0.15, -0.1) is 0 Å². The maximum absolute atomic E-state index is 13.2. The number of fused-ring (bicyclic) bond motifs is 1. The van der Waals surface area contributed by atoms with Crippen molar-refractivity contribution in [3.63, 3.8) is 0 Å². The van der Waals surface area contributed by atoms with E-state index in [-0.39, 0.29) is 22.8 Å². The molecular weight excluding hydrogens is 400 g/mol. The van der Waals surface area contributed by atoms with E-state index in [1.165, 1.54) is 41.0 Å². The molecule has 9 heteroatoms. The third-order valence-corrected chi connectivity index (χ3v) is 4.63. The molecule has 0 aliphatic heterocycles. The molecule has 31 heavy (non-hydrogen) atoms. The Morgan fingerprint density at radius 3 is 2.23 bits per heavy atom. The Balaban J connectivity index is 1.88. The van der Waals surface area contributed by atoms with Crippen LogP contribution in [0.2, 0.25) is 0 Å². The first kappa shape index (κ1) is 19.6. The SMILES string of the molecule is O=c1c2ccccc2nc(/C=C\c2cccc([N+](=O)[O-])c2)n1-c1ccc([N+](=O)[O-])cc1. The minimum atomic E-state index is -0.520. The molecule has 9 nitrogen and oxygen atoms in total. The third kappa shape index (κ3) is 3.92. The second-order valence-corrected chi connectivity index (χ2v) is 6.59. The van der Waals surface area contributed by atoms with Crippen LogP contribution in [0.25, 0.3) is 28.7 Å². The van der Waals surface area contributed by atoms with E-state index >= 15 is 0 Å². The first-order valence-electron chi connectivity index (χ1n) is 9.13. The molecule has 0 saturated carbocycles. The van der Waals surface area contributed by atoms with Crippen molar-refractivity contribution in [1.29, 1.82) is 0 Å². The standard InChI is InChI=1S/C22H14N4O5/c27-22-19-6-1-2-7-20(19)23-21(13-8-15-4-3-5-18(14-15)26(30)31)24(22)16-9-11-17(12-10-16)25(28)29/h1-14H/b13-8-. The van der Waals surface area contributed by atoms with Gasteiger partial charge in [-0.3, -0.25) is 29.6 Å². The van der Waals surface area contributed by atoms with Crippen LogP contribution in [0, 0.1) is 20.2 Å². The van der Waals surface area contributed by atoms with Gasteiger partial charge in [0.05, 0.1) is 26.4 Å². The largest absolute Gasteiger partial charge is 0.270 e. The van der Waals surface area contributed by atoms with E-state index in [2.05, 4.69) is 4.98 Å². The van der Waals surface area contributed by atoms with Crippen LogP contribution in [-0.2, 0) is 0 Å². The zero-order valence-electron chi connectivity index (χ0n) is 15.9. The van der Waals surface area contributed by atoms with Crippen molar-refractivity contribution < 1.29 is 9.85 Å². The van der Waals surface area contributed by atoms with Crippen LogP contribution in [0.4, 0.5) is 11.4 Å². The average Bonchev–Trinajstić information content (AvgIpc) is 2.78. The van der Waals surface area contributed by atoms with Crippen molar-refractivity contribution in [2.75, 3.05) is 0 Å². The van der Waals surface area contributed by atoms with Gasteiger partial charge in [-0.25, -0.2) is 4.98 Å². The molecule has 0 atom stereocenters. The fourth-order valence-corrected chi connectivity index (χ4v) is 3.15. The number of rotatable bonds is 5. The monoisotopic (exact) mass is 414 g/mol. The van der Waals surface area contributed by atoms with E-state index in [4.69, 9.17) is 0 Å². The van der Waals surface area contributed by atoms with Crippen LogP contribution >= 0.6 is 0 Å². The highest BCUT2D eigenvalue weighted by atomic mass is 16.6. The molecular formula is C22H14N4O5. The second kappa shape index (κ2) is 7.99. The molecule has 0 aliphatic carbocycles. The molecule has 0 radical (unpaired) electrons. The Kier molecular flexibility index (Phi) is 5.07. The van der Waals surface area contributed by atoms with Crippen molar-refractivity contribution in [2.24, 2.45) is 0 Å². The molecule has 152 valence electrons. The van der Waals surface area contributed by atoms with Gasteiger partial charge < -0.3 is 0 Å². The lowest BCUT2D eigenvalue weighted by Gasteiger charge is -2.11. The molecule has 3 aromatic carbocycles. The number of nitrogens with zero attached hydrogens (tertiary/aromatic N) is 4. The number of para-hydroxylation sites is 1. The topological polar surface area (TPSA) is 121 Å². The Morgan fingerprint density at radius 2 is 1.52 bits per heavy atom. The van der Waals surface area contributed by atoms with Crippen LogP contribution in [0.1, 0.15) is 11.4 Å². The maximum atomic E-state index is 13.2. The van der Waals surface area contributed by atoms with E-state index in [0.717, 1.165) is 0 Å². The van der Waals surface area contributed by atoms with Gasteiger partial charge in [0.25, 0.3) is 16.9 Å². The minimum absolute atomic E-state index is 0.0543. The zero-order valence-corrected chi connectivity index (χ0v) is 15.9. The first-order chi connectivity index (χ1) is 14.9. The van der Waals surface area contributed by atoms with Crippen LogP contribution < -0.4 is 5.56 Å². The van der Waals surface area contributed by atoms with Crippen molar-refractivity contribution in [2.45, 2.75) is 0 Å². The Bertz CT molecular complexity index is 1410. The lowest BCUT2D eigenvalue weighted by Crippen LogP contribution is -2.22. The number of hydrogen-bond donors (Lipinski definition) is 0. The van der Waals surface area contributed by atoms with E-state index in [9.17, 15) is 25.0 Å². The van der Waals surface area contributed by atoms with Crippen LogP contribution in [-0.4, -0.2) is 19.4 Å². The van der Waals surface area contributed by atoms with Gasteiger partial charge in [-0.05, 0) is 35.9 Å². The summed E-state index contributed by atoms with van der Waals surface area (Å²) in [7, 11) is 0. The summed E-state index contributed by atoms with van der Waals surface area (Å²) in [5.74, 6) is 0.282. The molecule has 0 spiro atoms. The third-order valence-electron chi connectivity index (χ3n) is 4.63. The maximum Gasteiger partial charge on any atom is 0.270 e. The lowest BCUT2D eigenvalue weighted by molar-refractivity contribution is -0.385. The number of nitro benzene ring substituents is 2. The molecule has 0 aliphatic rings. The lowest BCUT2D eigenvalue weighted by atomic mass is 10.2. The van der Waals surface area contributed by atoms with Crippen molar-refractivity contribution in [3.05, 3.63) is 115 Å². The smallest absolute Gasteiger partial charge is 0.268 e. The van der Waals surface area contributed by atoms with E-state index < -0.39 is 9.85 Å². The number of aromatic nitrogens is 2. The van der Waals surface area contributed by atoms with Gasteiger partial charge in [0.1, 0.15) is 5.82 Å². The molecule has 4 aromatic rings. The Hall–Kier alpha value is -4.66. The highest BCUT2D eigenvalue weighted by Crippen LogP contribution is 2.19. The summed E-state index contributed by atoms with van der Waals surface area (Å²) in [5.41, 5.74) is 0.975. The first-order valence-corrected chi connectivity index (χ1v) is 9.13. The van der Waals surface area contributed by atoms with Gasteiger partial charge >= 0.3 is 0 Å². The highest BCUT2D eigenvalue weighted by molar-refractivity contribution is 5.80. The van der Waals surface area contributed by atoms with Gasteiger partial charge in [-0.1, -0.05) is 30.3 Å². The van der Waals surface area contributed by atoms with Crippen LogP contribution in [0.15, 0.2) is 77.6 Å². The van der Waals surface area contributed by atoms with E-state index in [0.29, 0.717) is 22.2 Å². The zero-order chi connectivity index (χ0) is 22.0. The molecule has 1 aromatic heterocycles. The van der Waals surface area contributed by atoms with Crippen molar-refractivity contribution in [1.82, 2.24) is 9.55 Å². The minimum Gasteiger partial charge on any atom is -0.268 e. The number of benzene rings is 3. The molecule has 0 unspecified atom stereocenters. The van der Waals surface area contributed by atoms with Crippen LogP contribution in [0.5, 0.6) is 0 Å². The summed E-state index contributed by atoms with van der Waals surface area (Å²) in [4.78, 5) is 38.7. The van der Waals surface area contributed by atoms with Gasteiger partial charge in [0.2, 0.25) is 0 Å². The summed E-state index contributed by atoms with van der Waals surface area (Å²) in [6, 6.07) is 18.5. The van der Waals surface area contributed by atoms with Crippen molar-refractivity contribution >= 4 is 34.4 Å². The van der Waals surface area contributed by atoms with Crippen LogP contribution in [0.3, 0.4) is 0 Å². The molecule has 0 N–H and O–H groups in total. The fourth-order valence-electron chi connectivity index (χ4n) is 3.15. The predicted octanol–water partition coefficient (Wildman–Crippen LogP) is 4.37. The number of non-ortho nitro benzene ring substituents is 2. The summed E-state index contributed by atoms with van der Waals surface area (Å²) in [5, 5.41) is 22.4. The summed E-state index contributed by atoms with van der Waals surface area (Å²) in [6.45, 7) is 0. The van der Waals surface area contributed by atoms with Gasteiger partial charge in [0.15, 0.2) is 0 Å². The summed E-state index contributed by atoms with van der Waals surface area (Å²) >= 11 is 0. The molecule has 1 heterocycles. The quantitative estimate of drug-likeness (QED) is 0.353. The van der Waals surface area contributed by atoms with E-state index in [1.54, 1.807) is 48.6 Å². The Labute approximate surface area is 174 Å². The normalized spacial score (nSPS) is 11.1. The molecule has 4 rings (SSSR count). The fraction of sp³-hybridized carbons (Fsp3) is 0. The average molecular weight is 414 g/mol. The summed E-state index contributed by atoms with van der Waals surface area (Å²) in [6.07, 6.45) is 3.19. The van der Waals surface area contributed by atoms with E-state index in [1.807, 2.05) is 0 Å². The van der Waals surface area contributed by atoms with Gasteiger partial charge in [-0.2, -0.15) is 0 Å².